The second kappa shape index (κ2) is 6.44. The summed E-state index contributed by atoms with van der Waals surface area (Å²) >= 11 is 0. The Bertz CT molecular complexity index is 450. The van der Waals surface area contributed by atoms with Crippen LogP contribution >= 0.6 is 0 Å². The van der Waals surface area contributed by atoms with Crippen molar-refractivity contribution in [2.45, 2.75) is 70.4 Å². The number of aromatic nitrogens is 2. The summed E-state index contributed by atoms with van der Waals surface area (Å²) in [5, 5.41) is 7.80. The van der Waals surface area contributed by atoms with Crippen LogP contribution in [0.3, 0.4) is 0 Å². The van der Waals surface area contributed by atoms with Gasteiger partial charge in [-0.1, -0.05) is 12.1 Å². The van der Waals surface area contributed by atoms with Crippen molar-refractivity contribution in [2.24, 2.45) is 5.92 Å². The van der Waals surface area contributed by atoms with Gasteiger partial charge in [-0.15, -0.1) is 0 Å². The van der Waals surface area contributed by atoms with Crippen molar-refractivity contribution in [3.8, 4) is 0 Å². The lowest BCUT2D eigenvalue weighted by molar-refractivity contribution is -0.0770. The summed E-state index contributed by atoms with van der Waals surface area (Å²) in [6, 6.07) is 0.485. The number of hydrogen-bond acceptors (Lipinski definition) is 5. The van der Waals surface area contributed by atoms with Gasteiger partial charge in [-0.05, 0) is 57.9 Å². The van der Waals surface area contributed by atoms with Gasteiger partial charge in [-0.25, -0.2) is 0 Å². The number of rotatable bonds is 7. The molecule has 3 rings (SSSR count). The number of nitrogens with zero attached hydrogens (tertiary/aromatic N) is 2. The van der Waals surface area contributed by atoms with Gasteiger partial charge in [-0.3, -0.25) is 0 Å². The van der Waals surface area contributed by atoms with Crippen molar-refractivity contribution < 1.29 is 9.26 Å². The van der Waals surface area contributed by atoms with Crippen LogP contribution < -0.4 is 5.32 Å². The first-order valence-corrected chi connectivity index (χ1v) is 8.41. The Balaban J connectivity index is 1.63. The van der Waals surface area contributed by atoms with Crippen LogP contribution in [0.25, 0.3) is 0 Å². The minimum Gasteiger partial charge on any atom is -0.367 e. The molecular weight excluding hydrogens is 266 g/mol. The molecule has 0 radical (unpaired) electrons. The lowest BCUT2D eigenvalue weighted by atomic mass is 9.95. The van der Waals surface area contributed by atoms with Crippen LogP contribution in [0.1, 0.15) is 64.1 Å². The van der Waals surface area contributed by atoms with Crippen molar-refractivity contribution in [1.82, 2.24) is 15.5 Å². The van der Waals surface area contributed by atoms with Crippen molar-refractivity contribution in [1.29, 1.82) is 0 Å². The molecule has 2 atom stereocenters. The molecule has 0 amide bonds. The maximum atomic E-state index is 5.89. The lowest BCUT2D eigenvalue weighted by Crippen LogP contribution is -2.34. The van der Waals surface area contributed by atoms with Gasteiger partial charge in [0, 0.05) is 19.1 Å². The highest BCUT2D eigenvalue weighted by Gasteiger charge is 2.36. The Morgan fingerprint density at radius 2 is 2.24 bits per heavy atom. The number of ether oxygens (including phenoxy) is 1. The van der Waals surface area contributed by atoms with Gasteiger partial charge in [0.05, 0.1) is 0 Å². The molecule has 1 saturated carbocycles. The maximum Gasteiger partial charge on any atom is 0.228 e. The summed E-state index contributed by atoms with van der Waals surface area (Å²) in [4.78, 5) is 4.62. The Morgan fingerprint density at radius 3 is 2.90 bits per heavy atom. The number of nitrogens with one attached hydrogen (secondary N) is 1. The van der Waals surface area contributed by atoms with E-state index in [4.69, 9.17) is 9.26 Å². The Kier molecular flexibility index (Phi) is 4.60. The predicted molar refractivity (Wildman–Crippen MR) is 80.0 cm³/mol. The summed E-state index contributed by atoms with van der Waals surface area (Å²) < 4.78 is 11.4. The van der Waals surface area contributed by atoms with Crippen molar-refractivity contribution in [3.05, 3.63) is 11.7 Å². The molecule has 1 aliphatic heterocycles. The van der Waals surface area contributed by atoms with Crippen LogP contribution in [0.2, 0.25) is 0 Å². The van der Waals surface area contributed by atoms with E-state index in [9.17, 15) is 0 Å². The van der Waals surface area contributed by atoms with E-state index in [1.807, 2.05) is 0 Å². The minimum absolute atomic E-state index is 0.355. The molecule has 1 aliphatic carbocycles. The van der Waals surface area contributed by atoms with Crippen LogP contribution in [0, 0.1) is 5.92 Å². The summed E-state index contributed by atoms with van der Waals surface area (Å²) in [7, 11) is 0. The molecule has 1 aromatic heterocycles. The van der Waals surface area contributed by atoms with Crippen LogP contribution in [-0.4, -0.2) is 29.3 Å². The molecule has 2 fully saturated rings. The van der Waals surface area contributed by atoms with Gasteiger partial charge < -0.3 is 14.6 Å². The van der Waals surface area contributed by atoms with Crippen molar-refractivity contribution in [2.75, 3.05) is 13.2 Å². The summed E-state index contributed by atoms with van der Waals surface area (Å²) in [5.41, 5.74) is -0.355. The molecule has 2 heterocycles. The Morgan fingerprint density at radius 1 is 1.38 bits per heavy atom. The second-order valence-electron chi connectivity index (χ2n) is 6.65. The van der Waals surface area contributed by atoms with Crippen LogP contribution in [-0.2, 0) is 16.8 Å². The van der Waals surface area contributed by atoms with E-state index < -0.39 is 0 Å². The Labute approximate surface area is 126 Å². The molecule has 5 heteroatoms. The van der Waals surface area contributed by atoms with Gasteiger partial charge in [0.15, 0.2) is 0 Å². The molecule has 118 valence electrons. The van der Waals surface area contributed by atoms with Gasteiger partial charge in [0.25, 0.3) is 0 Å². The van der Waals surface area contributed by atoms with Crippen LogP contribution in [0.4, 0.5) is 0 Å². The predicted octanol–water partition coefficient (Wildman–Crippen LogP) is 2.81. The van der Waals surface area contributed by atoms with Gasteiger partial charge >= 0.3 is 0 Å². The quantitative estimate of drug-likeness (QED) is 0.837. The zero-order valence-corrected chi connectivity index (χ0v) is 13.2. The van der Waals surface area contributed by atoms with E-state index >= 15 is 0 Å². The van der Waals surface area contributed by atoms with Gasteiger partial charge in [-0.2, -0.15) is 4.98 Å². The first kappa shape index (κ1) is 15.0. The van der Waals surface area contributed by atoms with E-state index in [0.29, 0.717) is 6.04 Å². The molecule has 1 N–H and O–H groups in total. The third kappa shape index (κ3) is 3.64. The van der Waals surface area contributed by atoms with E-state index in [-0.39, 0.29) is 5.60 Å². The third-order valence-corrected chi connectivity index (χ3v) is 4.65. The second-order valence-corrected chi connectivity index (χ2v) is 6.65. The molecule has 0 bridgehead atoms. The highest BCUT2D eigenvalue weighted by molar-refractivity contribution is 5.02. The molecule has 1 aromatic rings. The van der Waals surface area contributed by atoms with E-state index in [1.165, 1.54) is 19.3 Å². The Hall–Kier alpha value is -0.940. The van der Waals surface area contributed by atoms with Crippen LogP contribution in [0.15, 0.2) is 4.52 Å². The van der Waals surface area contributed by atoms with E-state index in [1.54, 1.807) is 0 Å². The molecular formula is C16H27N3O2. The average Bonchev–Trinajstić information content (AvgIpc) is 3.23. The highest BCUT2D eigenvalue weighted by Crippen LogP contribution is 2.35. The smallest absolute Gasteiger partial charge is 0.228 e. The monoisotopic (exact) mass is 293 g/mol. The zero-order chi connectivity index (χ0) is 14.7. The SMILES string of the molecule is CCCNC(Cc1nc(C2(C)CCCCO2)no1)C1CC1. The molecule has 2 unspecified atom stereocenters. The summed E-state index contributed by atoms with van der Waals surface area (Å²) in [5.74, 6) is 2.26. The molecule has 5 nitrogen and oxygen atoms in total. The average molecular weight is 293 g/mol. The third-order valence-electron chi connectivity index (χ3n) is 4.65. The van der Waals surface area contributed by atoms with Gasteiger partial charge in [0.1, 0.15) is 5.60 Å². The van der Waals surface area contributed by atoms with E-state index in [0.717, 1.165) is 56.5 Å². The topological polar surface area (TPSA) is 60.2 Å². The van der Waals surface area contributed by atoms with Crippen molar-refractivity contribution in [3.63, 3.8) is 0 Å². The molecule has 0 spiro atoms. The molecule has 1 saturated heterocycles. The van der Waals surface area contributed by atoms with Crippen molar-refractivity contribution >= 4 is 0 Å². The molecule has 0 aromatic carbocycles. The normalized spacial score (nSPS) is 27.7. The van der Waals surface area contributed by atoms with Crippen LogP contribution in [0.5, 0.6) is 0 Å². The molecule has 21 heavy (non-hydrogen) atoms. The fraction of sp³-hybridized carbons (Fsp3) is 0.875. The van der Waals surface area contributed by atoms with Gasteiger partial charge in [0.2, 0.25) is 11.7 Å². The minimum atomic E-state index is -0.355. The largest absolute Gasteiger partial charge is 0.367 e. The van der Waals surface area contributed by atoms with E-state index in [2.05, 4.69) is 29.3 Å². The summed E-state index contributed by atoms with van der Waals surface area (Å²) in [6.45, 7) is 6.13. The first-order valence-electron chi connectivity index (χ1n) is 8.41. The molecule has 2 aliphatic rings. The summed E-state index contributed by atoms with van der Waals surface area (Å²) in [6.07, 6.45) is 7.92. The highest BCUT2D eigenvalue weighted by atomic mass is 16.5. The maximum absolute atomic E-state index is 5.89. The zero-order valence-electron chi connectivity index (χ0n) is 13.2. The fourth-order valence-corrected chi connectivity index (χ4v) is 3.08. The fourth-order valence-electron chi connectivity index (χ4n) is 3.08. The lowest BCUT2D eigenvalue weighted by Gasteiger charge is -2.30. The number of hydrogen-bond donors (Lipinski definition) is 1. The standard InChI is InChI=1S/C16H27N3O2/c1-3-9-17-13(12-6-7-12)11-14-18-15(19-21-14)16(2)8-4-5-10-20-16/h12-13,17H,3-11H2,1-2H3. The first-order chi connectivity index (χ1) is 10.2.